The van der Waals surface area contributed by atoms with Gasteiger partial charge in [-0.15, -0.1) is 0 Å². The summed E-state index contributed by atoms with van der Waals surface area (Å²) < 4.78 is 6.85. The second-order valence-corrected chi connectivity index (χ2v) is 15.9. The lowest BCUT2D eigenvalue weighted by Gasteiger charge is -2.30. The number of amides is 4. The van der Waals surface area contributed by atoms with E-state index in [1.165, 1.54) is 7.11 Å². The molecule has 16 heteroatoms. The highest BCUT2D eigenvalue weighted by Gasteiger charge is 2.39. The number of methoxy groups -OCH3 is 1. The molecule has 0 aliphatic carbocycles. The lowest BCUT2D eigenvalue weighted by Crippen LogP contribution is -2.51. The molecular formula is C42H48N10O6. The Bertz CT molecular complexity index is 2540. The van der Waals surface area contributed by atoms with Crippen LogP contribution in [0.4, 0.5) is 9.59 Å². The van der Waals surface area contributed by atoms with Crippen LogP contribution in [-0.4, -0.2) is 101 Å². The van der Waals surface area contributed by atoms with E-state index in [0.717, 1.165) is 75.5 Å². The van der Waals surface area contributed by atoms with Gasteiger partial charge in [-0.05, 0) is 61.8 Å². The fraction of sp³-hybridized carbons (Fsp3) is 0.405. The number of hydrogen-bond donors (Lipinski definition) is 5. The molecule has 2 saturated heterocycles. The third-order valence-electron chi connectivity index (χ3n) is 11.5. The lowest BCUT2D eigenvalue weighted by atomic mass is 10.0. The van der Waals surface area contributed by atoms with Crippen molar-refractivity contribution in [2.75, 3.05) is 20.2 Å². The maximum absolute atomic E-state index is 13.6. The van der Waals surface area contributed by atoms with Crippen molar-refractivity contribution in [1.29, 1.82) is 0 Å². The Balaban J connectivity index is 1.02. The van der Waals surface area contributed by atoms with Crippen LogP contribution in [0.2, 0.25) is 0 Å². The summed E-state index contributed by atoms with van der Waals surface area (Å²) in [5, 5.41) is 16.4. The van der Waals surface area contributed by atoms with Gasteiger partial charge in [-0.1, -0.05) is 45.9 Å². The summed E-state index contributed by atoms with van der Waals surface area (Å²) in [7, 11) is 1.29. The molecule has 4 amide bonds. The predicted octanol–water partition coefficient (Wildman–Crippen LogP) is 6.42. The average Bonchev–Trinajstić information content (AvgIpc) is 4.06. The normalized spacial score (nSPS) is 18.1. The molecule has 5 N–H and O–H groups in total. The molecule has 0 unspecified atom stereocenters. The number of nitrogens with one attached hydrogen (secondary N) is 4. The molecule has 302 valence electrons. The van der Waals surface area contributed by atoms with Gasteiger partial charge >= 0.3 is 12.2 Å². The van der Waals surface area contributed by atoms with Crippen LogP contribution >= 0.6 is 0 Å². The Kier molecular flexibility index (Phi) is 10.3. The van der Waals surface area contributed by atoms with Crippen molar-refractivity contribution in [2.24, 2.45) is 11.8 Å². The largest absolute Gasteiger partial charge is 0.465 e. The number of imidazole rings is 2. The van der Waals surface area contributed by atoms with Crippen LogP contribution < -0.4 is 10.6 Å². The molecule has 2 aliphatic rings. The Morgan fingerprint density at radius 1 is 0.759 bits per heavy atom. The minimum Gasteiger partial charge on any atom is -0.465 e. The Morgan fingerprint density at radius 3 is 1.90 bits per heavy atom. The summed E-state index contributed by atoms with van der Waals surface area (Å²) in [5.74, 6) is 0.668. The molecule has 2 fully saturated rings. The summed E-state index contributed by atoms with van der Waals surface area (Å²) in [6.45, 7) is 8.57. The van der Waals surface area contributed by atoms with Gasteiger partial charge in [-0.2, -0.15) is 0 Å². The van der Waals surface area contributed by atoms with Crippen LogP contribution in [0.15, 0.2) is 61.2 Å². The number of carbonyl (C=O) groups excluding carboxylic acids is 3. The number of fused-ring (bicyclic) bond motifs is 5. The van der Waals surface area contributed by atoms with Crippen LogP contribution in [0.25, 0.3) is 49.8 Å². The first-order chi connectivity index (χ1) is 27.9. The number of alkyl carbamates (subject to hydrolysis) is 1. The molecule has 58 heavy (non-hydrogen) atoms. The highest BCUT2D eigenvalue weighted by atomic mass is 16.5. The first kappa shape index (κ1) is 38.4. The third kappa shape index (κ3) is 7.07. The van der Waals surface area contributed by atoms with E-state index in [2.05, 4.69) is 54.3 Å². The standard InChI is InChI=1S/C42H48N10O6/c1-22(2)35(48-41(55)56)39(53)50-14-6-8-32(50)37-43-19-29(46-37)24-11-13-31-26(16-24)18-34-27-12-10-25(17-28(27)45-21-52(31)34)30-20-44-38(47-30)33-9-7-15-51(33)40(54)36(23(3)4)49-42(57)58-5/h10-13,16-23,32-33,35-36,48H,6-9,14-15H2,1-5H3,(H,43,46)(H,44,47)(H,49,57)(H,55,56)/t32-,33-,35-,36-/m0/s1. The van der Waals surface area contributed by atoms with E-state index in [9.17, 15) is 24.3 Å². The molecule has 8 rings (SSSR count). The fourth-order valence-corrected chi connectivity index (χ4v) is 8.52. The molecule has 6 heterocycles. The molecule has 0 bridgehead atoms. The number of aromatic nitrogens is 6. The van der Waals surface area contributed by atoms with Crippen molar-refractivity contribution in [2.45, 2.75) is 77.5 Å². The highest BCUT2D eigenvalue weighted by molar-refractivity contribution is 6.02. The van der Waals surface area contributed by atoms with Crippen molar-refractivity contribution in [3.05, 3.63) is 72.8 Å². The van der Waals surface area contributed by atoms with Gasteiger partial charge in [0.2, 0.25) is 11.8 Å². The molecule has 4 aromatic heterocycles. The smallest absolute Gasteiger partial charge is 0.407 e. The van der Waals surface area contributed by atoms with E-state index in [0.29, 0.717) is 24.7 Å². The second kappa shape index (κ2) is 15.5. The summed E-state index contributed by atoms with van der Waals surface area (Å²) in [6.07, 6.45) is 6.69. The molecule has 2 aromatic carbocycles. The average molecular weight is 789 g/mol. The van der Waals surface area contributed by atoms with E-state index in [-0.39, 0.29) is 35.7 Å². The van der Waals surface area contributed by atoms with Gasteiger partial charge in [0.1, 0.15) is 30.1 Å². The maximum atomic E-state index is 13.6. The number of hydrogen-bond acceptors (Lipinski definition) is 8. The van der Waals surface area contributed by atoms with E-state index in [4.69, 9.17) is 14.7 Å². The minimum absolute atomic E-state index is 0.120. The summed E-state index contributed by atoms with van der Waals surface area (Å²) in [5.41, 5.74) is 6.34. The van der Waals surface area contributed by atoms with Crippen molar-refractivity contribution >= 4 is 51.3 Å². The first-order valence-corrected chi connectivity index (χ1v) is 19.8. The molecule has 0 spiro atoms. The SMILES string of the molecule is COC(=O)N[C@H](C(=O)N1CCC[C@H]1c1ncc(-c2ccc3c(c2)ncn2c4ccc(-c5cnc([C@@H]6CCCN6C(=O)[C@@H](NC(=O)O)C(C)C)[nH]5)cc4cc32)[nH]1)C(C)C. The van der Waals surface area contributed by atoms with Crippen molar-refractivity contribution in [3.63, 3.8) is 0 Å². The van der Waals surface area contributed by atoms with Crippen molar-refractivity contribution in [3.8, 4) is 22.5 Å². The molecule has 4 atom stereocenters. The van der Waals surface area contributed by atoms with E-state index >= 15 is 0 Å². The lowest BCUT2D eigenvalue weighted by molar-refractivity contribution is -0.136. The van der Waals surface area contributed by atoms with Crippen LogP contribution in [0, 0.1) is 11.8 Å². The zero-order valence-electron chi connectivity index (χ0n) is 33.2. The molecule has 0 radical (unpaired) electrons. The summed E-state index contributed by atoms with van der Waals surface area (Å²) >= 11 is 0. The number of aromatic amines is 2. The van der Waals surface area contributed by atoms with Gasteiger partial charge in [0, 0.05) is 35.0 Å². The number of benzene rings is 2. The van der Waals surface area contributed by atoms with E-state index < -0.39 is 24.3 Å². The first-order valence-electron chi connectivity index (χ1n) is 19.8. The Labute approximate surface area is 334 Å². The number of carbonyl (C=O) groups is 4. The Hall–Kier alpha value is -6.45. The molecule has 0 saturated carbocycles. The zero-order valence-corrected chi connectivity index (χ0v) is 33.2. The van der Waals surface area contributed by atoms with Gasteiger partial charge in [0.05, 0.1) is 59.5 Å². The number of nitrogens with zero attached hydrogens (tertiary/aromatic N) is 6. The predicted molar refractivity (Wildman–Crippen MR) is 217 cm³/mol. The van der Waals surface area contributed by atoms with Crippen LogP contribution in [-0.2, 0) is 14.3 Å². The van der Waals surface area contributed by atoms with Crippen molar-refractivity contribution < 1.29 is 29.0 Å². The van der Waals surface area contributed by atoms with E-state index in [1.807, 2.05) is 52.2 Å². The molecule has 2 aliphatic heterocycles. The summed E-state index contributed by atoms with van der Waals surface area (Å²) in [6, 6.07) is 12.5. The van der Waals surface area contributed by atoms with Gasteiger partial charge in [-0.3, -0.25) is 14.0 Å². The van der Waals surface area contributed by atoms with E-state index in [1.54, 1.807) is 22.2 Å². The topological polar surface area (TPSA) is 203 Å². The number of carboxylic acid groups (broad SMARTS) is 1. The highest BCUT2D eigenvalue weighted by Crippen LogP contribution is 2.36. The van der Waals surface area contributed by atoms with Crippen LogP contribution in [0.1, 0.15) is 77.1 Å². The second-order valence-electron chi connectivity index (χ2n) is 15.9. The van der Waals surface area contributed by atoms with Crippen LogP contribution in [0.3, 0.4) is 0 Å². The third-order valence-corrected chi connectivity index (χ3v) is 11.5. The van der Waals surface area contributed by atoms with Gasteiger partial charge < -0.3 is 40.2 Å². The molecule has 16 nitrogen and oxygen atoms in total. The summed E-state index contributed by atoms with van der Waals surface area (Å²) in [4.78, 5) is 75.2. The van der Waals surface area contributed by atoms with Gasteiger partial charge in [-0.25, -0.2) is 24.5 Å². The monoisotopic (exact) mass is 788 g/mol. The minimum atomic E-state index is -1.22. The fourth-order valence-electron chi connectivity index (χ4n) is 8.52. The van der Waals surface area contributed by atoms with Crippen molar-refractivity contribution in [1.82, 2.24) is 49.8 Å². The molecular weight excluding hydrogens is 741 g/mol. The number of likely N-dealkylation sites (tertiary alicyclic amines) is 2. The number of ether oxygens (including phenoxy) is 1. The Morgan fingerprint density at radius 2 is 1.33 bits per heavy atom. The molecule has 6 aromatic rings. The quantitative estimate of drug-likeness (QED) is 0.104. The van der Waals surface area contributed by atoms with Gasteiger partial charge in [0.15, 0.2) is 0 Å². The van der Waals surface area contributed by atoms with Gasteiger partial charge in [0.25, 0.3) is 0 Å². The van der Waals surface area contributed by atoms with Crippen LogP contribution in [0.5, 0.6) is 0 Å². The number of H-pyrrole nitrogens is 2. The maximum Gasteiger partial charge on any atom is 0.407 e. The number of rotatable bonds is 10. The zero-order chi connectivity index (χ0) is 40.8.